The molecule has 0 radical (unpaired) electrons. The number of imidazole rings is 1. The van der Waals surface area contributed by atoms with Crippen molar-refractivity contribution in [3.05, 3.63) is 18.2 Å². The average molecular weight is 207 g/mol. The highest BCUT2D eigenvalue weighted by molar-refractivity contribution is 4.94. The van der Waals surface area contributed by atoms with E-state index in [0.29, 0.717) is 6.04 Å². The summed E-state index contributed by atoms with van der Waals surface area (Å²) in [5.74, 6) is 0.877. The first-order chi connectivity index (χ1) is 7.36. The maximum atomic E-state index is 4.02. The summed E-state index contributed by atoms with van der Waals surface area (Å²) in [6.07, 6.45) is 10.7. The third-order valence-electron chi connectivity index (χ3n) is 3.53. The molecule has 1 atom stereocenters. The third kappa shape index (κ3) is 3.06. The average Bonchev–Trinajstić information content (AvgIpc) is 2.80. The van der Waals surface area contributed by atoms with Gasteiger partial charge in [0.1, 0.15) is 0 Å². The second kappa shape index (κ2) is 5.31. The molecule has 0 aromatic carbocycles. The minimum atomic E-state index is 0.633. The van der Waals surface area contributed by atoms with Gasteiger partial charge in [0, 0.05) is 24.5 Å². The van der Waals surface area contributed by atoms with Gasteiger partial charge in [0.2, 0.25) is 0 Å². The van der Waals surface area contributed by atoms with Crippen LogP contribution in [0.25, 0.3) is 0 Å². The maximum absolute atomic E-state index is 4.02. The molecular weight excluding hydrogens is 186 g/mol. The van der Waals surface area contributed by atoms with Crippen molar-refractivity contribution in [1.82, 2.24) is 15.3 Å². The summed E-state index contributed by atoms with van der Waals surface area (Å²) in [4.78, 5) is 7.14. The zero-order chi connectivity index (χ0) is 10.5. The van der Waals surface area contributed by atoms with E-state index in [1.807, 2.05) is 6.20 Å². The molecule has 1 fully saturated rings. The molecule has 1 heterocycles. The molecule has 2 rings (SSSR count). The van der Waals surface area contributed by atoms with Gasteiger partial charge in [-0.25, -0.2) is 4.98 Å². The molecule has 3 nitrogen and oxygen atoms in total. The van der Waals surface area contributed by atoms with Crippen LogP contribution in [0.4, 0.5) is 0 Å². The molecule has 1 saturated carbocycles. The summed E-state index contributed by atoms with van der Waals surface area (Å²) in [6, 6.07) is 0.633. The van der Waals surface area contributed by atoms with Crippen LogP contribution in [0.2, 0.25) is 0 Å². The van der Waals surface area contributed by atoms with Gasteiger partial charge in [-0.05, 0) is 25.7 Å². The van der Waals surface area contributed by atoms with Gasteiger partial charge in [-0.2, -0.15) is 0 Å². The molecule has 0 amide bonds. The van der Waals surface area contributed by atoms with Gasteiger partial charge in [0.25, 0.3) is 0 Å². The summed E-state index contributed by atoms with van der Waals surface area (Å²) in [6.45, 7) is 3.23. The van der Waals surface area contributed by atoms with E-state index < -0.39 is 0 Å². The van der Waals surface area contributed by atoms with E-state index in [-0.39, 0.29) is 0 Å². The fraction of sp³-hybridized carbons (Fsp3) is 0.750. The molecule has 3 heteroatoms. The highest BCUT2D eigenvalue weighted by Gasteiger charge is 2.19. The first-order valence-electron chi connectivity index (χ1n) is 6.07. The van der Waals surface area contributed by atoms with Crippen molar-refractivity contribution in [1.29, 1.82) is 0 Å². The van der Waals surface area contributed by atoms with Crippen molar-refractivity contribution in [2.75, 3.05) is 0 Å². The zero-order valence-electron chi connectivity index (χ0n) is 9.50. The number of hydrogen-bond acceptors (Lipinski definition) is 2. The number of nitrogens with zero attached hydrogens (tertiary/aromatic N) is 1. The number of aromatic amines is 1. The lowest BCUT2D eigenvalue weighted by Gasteiger charge is -2.28. The molecule has 15 heavy (non-hydrogen) atoms. The van der Waals surface area contributed by atoms with Gasteiger partial charge in [-0.15, -0.1) is 0 Å². The lowest BCUT2D eigenvalue weighted by atomic mass is 9.84. The van der Waals surface area contributed by atoms with E-state index in [0.717, 1.165) is 12.5 Å². The molecule has 0 saturated heterocycles. The van der Waals surface area contributed by atoms with E-state index in [9.17, 15) is 0 Å². The summed E-state index contributed by atoms with van der Waals surface area (Å²) in [5.41, 5.74) is 1.18. The topological polar surface area (TPSA) is 40.7 Å². The Balaban J connectivity index is 1.74. The van der Waals surface area contributed by atoms with Gasteiger partial charge >= 0.3 is 0 Å². The summed E-state index contributed by atoms with van der Waals surface area (Å²) in [7, 11) is 0. The van der Waals surface area contributed by atoms with E-state index in [1.54, 1.807) is 6.33 Å². The van der Waals surface area contributed by atoms with Crippen molar-refractivity contribution < 1.29 is 0 Å². The fourth-order valence-corrected chi connectivity index (χ4v) is 2.45. The van der Waals surface area contributed by atoms with Gasteiger partial charge in [-0.1, -0.05) is 19.3 Å². The van der Waals surface area contributed by atoms with Crippen molar-refractivity contribution in [3.8, 4) is 0 Å². The minimum absolute atomic E-state index is 0.633. The molecule has 2 N–H and O–H groups in total. The molecule has 0 unspecified atom stereocenters. The quantitative estimate of drug-likeness (QED) is 0.796. The highest BCUT2D eigenvalue weighted by atomic mass is 15.0. The lowest BCUT2D eigenvalue weighted by molar-refractivity contribution is 0.280. The Morgan fingerprint density at radius 3 is 2.93 bits per heavy atom. The van der Waals surface area contributed by atoms with E-state index in [1.165, 1.54) is 37.8 Å². The Morgan fingerprint density at radius 2 is 2.27 bits per heavy atom. The van der Waals surface area contributed by atoms with Crippen LogP contribution in [0.15, 0.2) is 12.5 Å². The van der Waals surface area contributed by atoms with Crippen molar-refractivity contribution in [3.63, 3.8) is 0 Å². The first-order valence-corrected chi connectivity index (χ1v) is 6.07. The third-order valence-corrected chi connectivity index (χ3v) is 3.53. The van der Waals surface area contributed by atoms with Crippen LogP contribution in [-0.2, 0) is 6.54 Å². The van der Waals surface area contributed by atoms with Gasteiger partial charge in [0.05, 0.1) is 6.33 Å². The van der Waals surface area contributed by atoms with Crippen LogP contribution in [0.5, 0.6) is 0 Å². The molecule has 1 aliphatic rings. The van der Waals surface area contributed by atoms with Crippen LogP contribution in [0, 0.1) is 5.92 Å². The normalized spacial score (nSPS) is 20.3. The molecule has 0 aliphatic heterocycles. The van der Waals surface area contributed by atoms with Crippen molar-refractivity contribution in [2.45, 2.75) is 51.6 Å². The zero-order valence-corrected chi connectivity index (χ0v) is 9.50. The molecular formula is C12H21N3. The van der Waals surface area contributed by atoms with Crippen LogP contribution in [0.3, 0.4) is 0 Å². The summed E-state index contributed by atoms with van der Waals surface area (Å²) >= 11 is 0. The van der Waals surface area contributed by atoms with E-state index in [4.69, 9.17) is 0 Å². The smallest absolute Gasteiger partial charge is 0.0922 e. The monoisotopic (exact) mass is 207 g/mol. The predicted octanol–water partition coefficient (Wildman–Crippen LogP) is 2.47. The Morgan fingerprint density at radius 1 is 1.47 bits per heavy atom. The van der Waals surface area contributed by atoms with Crippen LogP contribution >= 0.6 is 0 Å². The molecule has 1 aliphatic carbocycles. The molecule has 84 valence electrons. The highest BCUT2D eigenvalue weighted by Crippen LogP contribution is 2.26. The lowest BCUT2D eigenvalue weighted by Crippen LogP contribution is -2.34. The van der Waals surface area contributed by atoms with Crippen LogP contribution in [-0.4, -0.2) is 16.0 Å². The molecule has 1 aromatic heterocycles. The molecule has 0 bridgehead atoms. The van der Waals surface area contributed by atoms with Gasteiger partial charge < -0.3 is 10.3 Å². The standard InChI is InChI=1S/C12H21N3/c1-10(11-5-3-2-4-6-11)14-8-12-7-13-9-15-12/h7,9-11,14H,2-6,8H2,1H3,(H,13,15)/t10-/m1/s1. The second-order valence-electron chi connectivity index (χ2n) is 4.64. The van der Waals surface area contributed by atoms with Crippen molar-refractivity contribution >= 4 is 0 Å². The van der Waals surface area contributed by atoms with Gasteiger partial charge in [0.15, 0.2) is 0 Å². The number of hydrogen-bond donors (Lipinski definition) is 2. The Kier molecular flexibility index (Phi) is 3.78. The number of H-pyrrole nitrogens is 1. The fourth-order valence-electron chi connectivity index (χ4n) is 2.45. The Hall–Kier alpha value is -0.830. The number of rotatable bonds is 4. The second-order valence-corrected chi connectivity index (χ2v) is 4.64. The minimum Gasteiger partial charge on any atom is -0.347 e. The van der Waals surface area contributed by atoms with Crippen molar-refractivity contribution in [2.24, 2.45) is 5.92 Å². The largest absolute Gasteiger partial charge is 0.347 e. The van der Waals surface area contributed by atoms with E-state index >= 15 is 0 Å². The SMILES string of the molecule is C[C@@H](NCc1cnc[nH]1)C1CCCCC1. The summed E-state index contributed by atoms with van der Waals surface area (Å²) < 4.78 is 0. The number of nitrogens with one attached hydrogen (secondary N) is 2. The molecule has 0 spiro atoms. The van der Waals surface area contributed by atoms with Crippen LogP contribution in [0.1, 0.15) is 44.7 Å². The Labute approximate surface area is 91.7 Å². The predicted molar refractivity (Wildman–Crippen MR) is 61.5 cm³/mol. The van der Waals surface area contributed by atoms with Gasteiger partial charge in [-0.3, -0.25) is 0 Å². The first kappa shape index (κ1) is 10.7. The Bertz CT molecular complexity index is 262. The molecule has 1 aromatic rings. The number of aromatic nitrogens is 2. The maximum Gasteiger partial charge on any atom is 0.0922 e. The van der Waals surface area contributed by atoms with Crippen LogP contribution < -0.4 is 5.32 Å². The van der Waals surface area contributed by atoms with E-state index in [2.05, 4.69) is 22.2 Å². The summed E-state index contributed by atoms with van der Waals surface area (Å²) in [5, 5.41) is 3.58.